The molecule has 0 bridgehead atoms. The fourth-order valence-corrected chi connectivity index (χ4v) is 5.45. The van der Waals surface area contributed by atoms with E-state index in [2.05, 4.69) is 53.8 Å². The third-order valence-electron chi connectivity index (χ3n) is 4.76. The minimum Gasteiger partial charge on any atom is -0.296 e. The Morgan fingerprint density at radius 1 is 0.962 bits per heavy atom. The lowest BCUT2D eigenvalue weighted by Crippen LogP contribution is -2.50. The quantitative estimate of drug-likeness (QED) is 0.604. The van der Waals surface area contributed by atoms with Gasteiger partial charge in [-0.3, -0.25) is 24.3 Å². The van der Waals surface area contributed by atoms with Gasteiger partial charge >= 0.3 is 5.91 Å². The number of Topliss-reactive ketones (excluding diaryl/α,β-unsaturated/α-hetero) is 1. The first-order valence-electron chi connectivity index (χ1n) is 8.36. The van der Waals surface area contributed by atoms with E-state index in [1.165, 1.54) is 4.88 Å². The van der Waals surface area contributed by atoms with Crippen LogP contribution in [0.1, 0.15) is 15.2 Å². The number of anilines is 1. The smallest absolute Gasteiger partial charge is 0.296 e. The second-order valence-corrected chi connectivity index (χ2v) is 9.84. The second kappa shape index (κ2) is 7.52. The number of hydrogen-bond donors (Lipinski definition) is 0. The Kier molecular flexibility index (Phi) is 5.29. The van der Waals surface area contributed by atoms with Crippen LogP contribution in [0.4, 0.5) is 5.69 Å². The molecule has 3 heterocycles. The molecule has 2 aliphatic rings. The van der Waals surface area contributed by atoms with Crippen LogP contribution in [0.5, 0.6) is 0 Å². The summed E-state index contributed by atoms with van der Waals surface area (Å²) in [6.45, 7) is 5.10. The van der Waals surface area contributed by atoms with Crippen molar-refractivity contribution in [2.45, 2.75) is 6.54 Å². The fourth-order valence-electron chi connectivity index (χ4n) is 3.39. The van der Waals surface area contributed by atoms with Crippen LogP contribution < -0.4 is 4.90 Å². The molecule has 0 N–H and O–H groups in total. The van der Waals surface area contributed by atoms with Crippen LogP contribution >= 0.6 is 43.2 Å². The molecule has 1 saturated heterocycles. The molecule has 2 aliphatic heterocycles. The second-order valence-electron chi connectivity index (χ2n) is 6.44. The van der Waals surface area contributed by atoms with Crippen LogP contribution in [-0.4, -0.2) is 54.3 Å². The van der Waals surface area contributed by atoms with Crippen molar-refractivity contribution in [3.63, 3.8) is 0 Å². The molecule has 8 heteroatoms. The van der Waals surface area contributed by atoms with E-state index in [1.54, 1.807) is 22.3 Å². The highest BCUT2D eigenvalue weighted by Crippen LogP contribution is 2.34. The summed E-state index contributed by atoms with van der Waals surface area (Å²) in [6, 6.07) is 9.74. The van der Waals surface area contributed by atoms with Crippen molar-refractivity contribution in [1.82, 2.24) is 9.80 Å². The average Bonchev–Trinajstić information content (AvgIpc) is 3.14. The molecule has 2 aromatic rings. The number of halogens is 2. The van der Waals surface area contributed by atoms with Gasteiger partial charge in [0, 0.05) is 42.1 Å². The molecule has 0 radical (unpaired) electrons. The molecule has 5 nitrogen and oxygen atoms in total. The third kappa shape index (κ3) is 3.53. The summed E-state index contributed by atoms with van der Waals surface area (Å²) in [5, 5.41) is 0. The summed E-state index contributed by atoms with van der Waals surface area (Å²) in [7, 11) is 0. The lowest BCUT2D eigenvalue weighted by Gasteiger charge is -2.36. The summed E-state index contributed by atoms with van der Waals surface area (Å²) in [5.41, 5.74) is 1.19. The molecule has 26 heavy (non-hydrogen) atoms. The number of ketones is 1. The summed E-state index contributed by atoms with van der Waals surface area (Å²) in [5.74, 6) is -0.854. The number of carbonyl (C=O) groups is 2. The van der Waals surface area contributed by atoms with Crippen molar-refractivity contribution in [2.75, 3.05) is 37.7 Å². The van der Waals surface area contributed by atoms with Gasteiger partial charge in [-0.2, -0.15) is 0 Å². The number of benzene rings is 1. The molecule has 1 aromatic heterocycles. The Balaban J connectivity index is 1.38. The fraction of sp³-hybridized carbons (Fsp3) is 0.333. The van der Waals surface area contributed by atoms with Gasteiger partial charge in [-0.1, -0.05) is 6.07 Å². The minimum absolute atomic E-state index is 0.422. The Morgan fingerprint density at radius 3 is 2.38 bits per heavy atom. The SMILES string of the molecule is O=C1C(=O)N(CN2CCN(Cc3ccc(Br)s3)CC2)c2cccc(Br)c21. The van der Waals surface area contributed by atoms with Gasteiger partial charge in [0.05, 0.1) is 21.7 Å². The molecule has 1 aromatic carbocycles. The maximum Gasteiger partial charge on any atom is 0.300 e. The Labute approximate surface area is 172 Å². The monoisotopic (exact) mass is 497 g/mol. The molecule has 0 spiro atoms. The Morgan fingerprint density at radius 2 is 1.69 bits per heavy atom. The highest BCUT2D eigenvalue weighted by atomic mass is 79.9. The zero-order valence-corrected chi connectivity index (χ0v) is 17.9. The zero-order chi connectivity index (χ0) is 18.3. The predicted molar refractivity (Wildman–Crippen MR) is 110 cm³/mol. The number of hydrogen-bond acceptors (Lipinski definition) is 5. The third-order valence-corrected chi connectivity index (χ3v) is 7.03. The van der Waals surface area contributed by atoms with E-state index < -0.39 is 11.7 Å². The van der Waals surface area contributed by atoms with E-state index >= 15 is 0 Å². The molecule has 0 atom stereocenters. The average molecular weight is 499 g/mol. The summed E-state index contributed by atoms with van der Waals surface area (Å²) in [4.78, 5) is 32.3. The standard InChI is InChI=1S/C18H17Br2N3O2S/c19-13-2-1-3-14-16(13)17(24)18(25)23(14)11-22-8-6-21(7-9-22)10-12-4-5-15(20)26-12/h1-5H,6-11H2. The normalized spacial score (nSPS) is 18.6. The van der Waals surface area contributed by atoms with E-state index in [0.29, 0.717) is 22.4 Å². The number of rotatable bonds is 4. The lowest BCUT2D eigenvalue weighted by atomic mass is 10.1. The number of nitrogens with zero attached hydrogens (tertiary/aromatic N) is 3. The molecular weight excluding hydrogens is 482 g/mol. The van der Waals surface area contributed by atoms with Crippen LogP contribution in [0.25, 0.3) is 0 Å². The van der Waals surface area contributed by atoms with Gasteiger partial charge in [0.25, 0.3) is 5.78 Å². The molecule has 0 saturated carbocycles. The van der Waals surface area contributed by atoms with E-state index in [9.17, 15) is 9.59 Å². The molecule has 1 amide bonds. The largest absolute Gasteiger partial charge is 0.300 e. The van der Waals surface area contributed by atoms with E-state index in [1.807, 2.05) is 12.1 Å². The predicted octanol–water partition coefficient (Wildman–Crippen LogP) is 3.58. The van der Waals surface area contributed by atoms with Crippen LogP contribution in [-0.2, 0) is 11.3 Å². The van der Waals surface area contributed by atoms with Crippen LogP contribution in [0.15, 0.2) is 38.6 Å². The molecule has 4 rings (SSSR count). The van der Waals surface area contributed by atoms with Crippen molar-refractivity contribution in [2.24, 2.45) is 0 Å². The Bertz CT molecular complexity index is 862. The van der Waals surface area contributed by atoms with Crippen molar-refractivity contribution < 1.29 is 9.59 Å². The van der Waals surface area contributed by atoms with Crippen molar-refractivity contribution in [3.05, 3.63) is 49.0 Å². The molecular formula is C18H17Br2N3O2S. The van der Waals surface area contributed by atoms with Crippen LogP contribution in [0, 0.1) is 0 Å². The highest BCUT2D eigenvalue weighted by molar-refractivity contribution is 9.11. The lowest BCUT2D eigenvalue weighted by molar-refractivity contribution is -0.114. The van der Waals surface area contributed by atoms with Crippen molar-refractivity contribution in [3.8, 4) is 0 Å². The van der Waals surface area contributed by atoms with E-state index in [0.717, 1.165) is 36.5 Å². The van der Waals surface area contributed by atoms with Gasteiger partial charge in [0.2, 0.25) is 0 Å². The number of piperazine rings is 1. The first kappa shape index (κ1) is 18.3. The number of carbonyl (C=O) groups excluding carboxylic acids is 2. The van der Waals surface area contributed by atoms with Gasteiger partial charge in [0.15, 0.2) is 0 Å². The molecule has 0 unspecified atom stereocenters. The van der Waals surface area contributed by atoms with E-state index in [4.69, 9.17) is 0 Å². The number of fused-ring (bicyclic) bond motifs is 1. The molecule has 1 fully saturated rings. The zero-order valence-electron chi connectivity index (χ0n) is 14.0. The first-order chi connectivity index (χ1) is 12.5. The molecule has 0 aliphatic carbocycles. The first-order valence-corrected chi connectivity index (χ1v) is 10.8. The van der Waals surface area contributed by atoms with Gasteiger partial charge in [-0.05, 0) is 56.1 Å². The van der Waals surface area contributed by atoms with Crippen LogP contribution in [0.2, 0.25) is 0 Å². The number of thiophene rings is 1. The van der Waals surface area contributed by atoms with Gasteiger partial charge < -0.3 is 0 Å². The van der Waals surface area contributed by atoms with Gasteiger partial charge in [0.1, 0.15) is 0 Å². The van der Waals surface area contributed by atoms with Gasteiger partial charge in [-0.15, -0.1) is 11.3 Å². The van der Waals surface area contributed by atoms with Crippen molar-refractivity contribution >= 4 is 60.6 Å². The topological polar surface area (TPSA) is 43.9 Å². The Hall–Kier alpha value is -1.06. The summed E-state index contributed by atoms with van der Waals surface area (Å²) < 4.78 is 1.84. The summed E-state index contributed by atoms with van der Waals surface area (Å²) >= 11 is 8.66. The van der Waals surface area contributed by atoms with Gasteiger partial charge in [-0.25, -0.2) is 0 Å². The molecule has 136 valence electrons. The van der Waals surface area contributed by atoms with E-state index in [-0.39, 0.29) is 0 Å². The number of amides is 1. The highest BCUT2D eigenvalue weighted by Gasteiger charge is 2.38. The minimum atomic E-state index is -0.433. The van der Waals surface area contributed by atoms with Crippen molar-refractivity contribution in [1.29, 1.82) is 0 Å². The van der Waals surface area contributed by atoms with Crippen LogP contribution in [0.3, 0.4) is 0 Å². The maximum absolute atomic E-state index is 12.4. The maximum atomic E-state index is 12.4. The summed E-state index contributed by atoms with van der Waals surface area (Å²) in [6.07, 6.45) is 0.